The number of aromatic nitrogens is 1. The van der Waals surface area contributed by atoms with Crippen molar-refractivity contribution >= 4 is 6.21 Å². The molecule has 0 N–H and O–H groups in total. The zero-order valence-corrected chi connectivity index (χ0v) is 8.20. The molecular weight excluding hydrogens is 148 g/mol. The van der Waals surface area contributed by atoms with Crippen LogP contribution in [-0.2, 0) is 7.05 Å². The van der Waals surface area contributed by atoms with Crippen molar-refractivity contribution in [2.75, 3.05) is 0 Å². The summed E-state index contributed by atoms with van der Waals surface area (Å²) in [5.41, 5.74) is 1.16. The summed E-state index contributed by atoms with van der Waals surface area (Å²) in [6.45, 7) is 6.27. The van der Waals surface area contributed by atoms with Crippen molar-refractivity contribution in [2.45, 2.75) is 26.3 Å². The first-order valence-corrected chi connectivity index (χ1v) is 4.15. The topological polar surface area (TPSA) is 17.3 Å². The zero-order valence-electron chi connectivity index (χ0n) is 8.20. The van der Waals surface area contributed by atoms with Crippen molar-refractivity contribution < 1.29 is 0 Å². The average Bonchev–Trinajstić information content (AvgIpc) is 2.29. The van der Waals surface area contributed by atoms with Gasteiger partial charge >= 0.3 is 0 Å². The summed E-state index contributed by atoms with van der Waals surface area (Å²) < 4.78 is 2.05. The fourth-order valence-corrected chi connectivity index (χ4v) is 0.868. The van der Waals surface area contributed by atoms with Gasteiger partial charge in [-0.15, -0.1) is 0 Å². The normalized spacial score (nSPS) is 12.7. The fraction of sp³-hybridized carbons (Fsp3) is 0.500. The molecule has 66 valence electrons. The van der Waals surface area contributed by atoms with Gasteiger partial charge in [0.1, 0.15) is 0 Å². The second-order valence-corrected chi connectivity index (χ2v) is 3.97. The molecule has 1 aromatic rings. The molecule has 1 heterocycles. The van der Waals surface area contributed by atoms with Crippen molar-refractivity contribution in [2.24, 2.45) is 12.0 Å². The van der Waals surface area contributed by atoms with Gasteiger partial charge < -0.3 is 4.57 Å². The molecule has 0 fully saturated rings. The molecule has 2 nitrogen and oxygen atoms in total. The highest BCUT2D eigenvalue weighted by Gasteiger charge is 2.04. The Balaban J connectivity index is 2.77. The molecule has 0 aliphatic heterocycles. The largest absolute Gasteiger partial charge is 0.350 e. The van der Waals surface area contributed by atoms with Crippen molar-refractivity contribution in [1.82, 2.24) is 4.57 Å². The second kappa shape index (κ2) is 3.13. The molecule has 0 saturated heterocycles. The van der Waals surface area contributed by atoms with Crippen LogP contribution < -0.4 is 0 Å². The first-order chi connectivity index (χ1) is 5.49. The Labute approximate surface area is 73.9 Å². The van der Waals surface area contributed by atoms with E-state index >= 15 is 0 Å². The van der Waals surface area contributed by atoms with E-state index < -0.39 is 0 Å². The second-order valence-electron chi connectivity index (χ2n) is 3.97. The van der Waals surface area contributed by atoms with Crippen molar-refractivity contribution in [3.63, 3.8) is 0 Å². The standard InChI is InChI=1S/C10H16N2/c1-10(2,3)11-8-9-6-5-7-12(9)4/h5-8H,1-4H3. The van der Waals surface area contributed by atoms with Crippen LogP contribution in [-0.4, -0.2) is 16.3 Å². The average molecular weight is 164 g/mol. The molecule has 2 heteroatoms. The molecule has 0 radical (unpaired) electrons. The maximum Gasteiger partial charge on any atom is 0.0585 e. The summed E-state index contributed by atoms with van der Waals surface area (Å²) in [5, 5.41) is 0. The van der Waals surface area contributed by atoms with Gasteiger partial charge in [-0.3, -0.25) is 4.99 Å². The fourth-order valence-electron chi connectivity index (χ4n) is 0.868. The van der Waals surface area contributed by atoms with E-state index in [2.05, 4.69) is 36.4 Å². The lowest BCUT2D eigenvalue weighted by Gasteiger charge is -2.10. The molecule has 1 rings (SSSR count). The molecule has 0 amide bonds. The predicted molar refractivity (Wildman–Crippen MR) is 52.8 cm³/mol. The van der Waals surface area contributed by atoms with Crippen LogP contribution in [0.2, 0.25) is 0 Å². The maximum absolute atomic E-state index is 4.41. The minimum atomic E-state index is 0.0181. The molecule has 0 saturated carbocycles. The molecular formula is C10H16N2. The monoisotopic (exact) mass is 164 g/mol. The molecule has 0 unspecified atom stereocenters. The first-order valence-electron chi connectivity index (χ1n) is 4.15. The molecule has 12 heavy (non-hydrogen) atoms. The van der Waals surface area contributed by atoms with Crippen LogP contribution in [0.25, 0.3) is 0 Å². The molecule has 1 aromatic heterocycles. The van der Waals surface area contributed by atoms with Gasteiger partial charge in [-0.25, -0.2) is 0 Å². The van der Waals surface area contributed by atoms with Gasteiger partial charge in [0, 0.05) is 19.5 Å². The van der Waals surface area contributed by atoms with E-state index in [9.17, 15) is 0 Å². The smallest absolute Gasteiger partial charge is 0.0585 e. The third-order valence-electron chi connectivity index (χ3n) is 1.57. The lowest BCUT2D eigenvalue weighted by atomic mass is 10.1. The Kier molecular flexibility index (Phi) is 2.36. The van der Waals surface area contributed by atoms with Crippen LogP contribution >= 0.6 is 0 Å². The van der Waals surface area contributed by atoms with Gasteiger partial charge in [-0.2, -0.15) is 0 Å². The molecule has 0 atom stereocenters. The van der Waals surface area contributed by atoms with E-state index in [0.29, 0.717) is 0 Å². The summed E-state index contributed by atoms with van der Waals surface area (Å²) in [7, 11) is 2.02. The third kappa shape index (κ3) is 2.53. The highest BCUT2D eigenvalue weighted by molar-refractivity contribution is 5.77. The number of nitrogens with zero attached hydrogens (tertiary/aromatic N) is 2. The molecule has 0 aromatic carbocycles. The van der Waals surface area contributed by atoms with Crippen LogP contribution in [0.5, 0.6) is 0 Å². The van der Waals surface area contributed by atoms with E-state index in [1.165, 1.54) is 0 Å². The van der Waals surface area contributed by atoms with Gasteiger partial charge in [0.15, 0.2) is 0 Å². The van der Waals surface area contributed by atoms with E-state index in [-0.39, 0.29) is 5.54 Å². The molecule has 0 bridgehead atoms. The van der Waals surface area contributed by atoms with Crippen molar-refractivity contribution in [1.29, 1.82) is 0 Å². The molecule has 0 aliphatic rings. The quantitative estimate of drug-likeness (QED) is 0.566. The summed E-state index contributed by atoms with van der Waals surface area (Å²) in [5.74, 6) is 0. The van der Waals surface area contributed by atoms with Crippen LogP contribution in [0.4, 0.5) is 0 Å². The van der Waals surface area contributed by atoms with E-state index in [1.54, 1.807) is 0 Å². The van der Waals surface area contributed by atoms with E-state index in [4.69, 9.17) is 0 Å². The Morgan fingerprint density at radius 2 is 2.08 bits per heavy atom. The Morgan fingerprint density at radius 3 is 2.50 bits per heavy atom. The van der Waals surface area contributed by atoms with Gasteiger partial charge in [0.25, 0.3) is 0 Å². The van der Waals surface area contributed by atoms with Gasteiger partial charge in [0.2, 0.25) is 0 Å². The van der Waals surface area contributed by atoms with Gasteiger partial charge in [0.05, 0.1) is 11.2 Å². The Hall–Kier alpha value is -1.05. The molecule has 0 spiro atoms. The molecule has 0 aliphatic carbocycles. The number of rotatable bonds is 1. The SMILES string of the molecule is Cn1cccc1C=NC(C)(C)C. The predicted octanol–water partition coefficient (Wildman–Crippen LogP) is 2.24. The van der Waals surface area contributed by atoms with Crippen LogP contribution in [0.1, 0.15) is 26.5 Å². The number of aryl methyl sites for hydroxylation is 1. The van der Waals surface area contributed by atoms with Crippen LogP contribution in [0.3, 0.4) is 0 Å². The number of aliphatic imine (C=N–C) groups is 1. The highest BCUT2D eigenvalue weighted by Crippen LogP contribution is 2.06. The van der Waals surface area contributed by atoms with Gasteiger partial charge in [-0.05, 0) is 32.9 Å². The lowest BCUT2D eigenvalue weighted by Crippen LogP contribution is -2.10. The first kappa shape index (κ1) is 9.04. The Bertz CT molecular complexity index is 276. The van der Waals surface area contributed by atoms with E-state index in [0.717, 1.165) is 5.69 Å². The van der Waals surface area contributed by atoms with Crippen LogP contribution in [0.15, 0.2) is 23.3 Å². The maximum atomic E-state index is 4.41. The third-order valence-corrected chi connectivity index (χ3v) is 1.57. The lowest BCUT2D eigenvalue weighted by molar-refractivity contribution is 0.586. The summed E-state index contributed by atoms with van der Waals surface area (Å²) in [6, 6.07) is 4.07. The number of hydrogen-bond donors (Lipinski definition) is 0. The minimum absolute atomic E-state index is 0.0181. The van der Waals surface area contributed by atoms with Crippen LogP contribution in [0, 0.1) is 0 Å². The Morgan fingerprint density at radius 1 is 1.42 bits per heavy atom. The van der Waals surface area contributed by atoms with Crippen molar-refractivity contribution in [3.05, 3.63) is 24.0 Å². The summed E-state index contributed by atoms with van der Waals surface area (Å²) in [6.07, 6.45) is 3.93. The van der Waals surface area contributed by atoms with Crippen molar-refractivity contribution in [3.8, 4) is 0 Å². The summed E-state index contributed by atoms with van der Waals surface area (Å²) in [4.78, 5) is 4.41. The number of hydrogen-bond acceptors (Lipinski definition) is 1. The minimum Gasteiger partial charge on any atom is -0.350 e. The van der Waals surface area contributed by atoms with Gasteiger partial charge in [-0.1, -0.05) is 0 Å². The zero-order chi connectivity index (χ0) is 9.19. The summed E-state index contributed by atoms with van der Waals surface area (Å²) >= 11 is 0. The van der Waals surface area contributed by atoms with E-state index in [1.807, 2.05) is 25.5 Å². The highest BCUT2D eigenvalue weighted by atomic mass is 14.9.